The summed E-state index contributed by atoms with van der Waals surface area (Å²) in [6, 6.07) is 0. The molecule has 112 valence electrons. The average molecular weight is 276 g/mol. The van der Waals surface area contributed by atoms with Crippen LogP contribution in [0.5, 0.6) is 0 Å². The fourth-order valence-electron chi connectivity index (χ4n) is 3.91. The lowest BCUT2D eigenvalue weighted by atomic mass is 9.83. The quantitative estimate of drug-likeness (QED) is 0.888. The van der Waals surface area contributed by atoms with E-state index < -0.39 is 0 Å². The number of hydrogen-bond acceptors (Lipinski definition) is 2. The van der Waals surface area contributed by atoms with E-state index in [2.05, 4.69) is 23.3 Å². The molecule has 2 fully saturated rings. The highest BCUT2D eigenvalue weighted by Crippen LogP contribution is 2.36. The Kier molecular flexibility index (Phi) is 4.77. The molecule has 3 nitrogen and oxygen atoms in total. The summed E-state index contributed by atoms with van der Waals surface area (Å²) in [5.74, 6) is 0.655. The van der Waals surface area contributed by atoms with E-state index in [1.54, 1.807) is 0 Å². The van der Waals surface area contributed by atoms with Crippen LogP contribution in [0, 0.1) is 0 Å². The van der Waals surface area contributed by atoms with Crippen LogP contribution in [0.1, 0.15) is 81.9 Å². The molecule has 0 unspecified atom stereocenters. The minimum Gasteiger partial charge on any atom is -0.375 e. The Hall–Kier alpha value is -0.830. The van der Waals surface area contributed by atoms with Gasteiger partial charge in [-0.15, -0.1) is 0 Å². The van der Waals surface area contributed by atoms with Gasteiger partial charge in [-0.3, -0.25) is 5.10 Å². The summed E-state index contributed by atoms with van der Waals surface area (Å²) >= 11 is 0. The topological polar surface area (TPSA) is 37.9 Å². The van der Waals surface area contributed by atoms with Gasteiger partial charge in [-0.05, 0) is 50.5 Å². The predicted molar refractivity (Wildman–Crippen MR) is 80.9 cm³/mol. The first-order chi connectivity index (χ1) is 9.86. The zero-order chi connectivity index (χ0) is 13.8. The lowest BCUT2D eigenvalue weighted by Gasteiger charge is -2.32. The number of H-pyrrole nitrogens is 1. The van der Waals surface area contributed by atoms with E-state index in [0.717, 1.165) is 6.42 Å². The van der Waals surface area contributed by atoms with Crippen LogP contribution in [0.15, 0.2) is 6.20 Å². The van der Waals surface area contributed by atoms with E-state index in [4.69, 9.17) is 4.74 Å². The van der Waals surface area contributed by atoms with Crippen LogP contribution < -0.4 is 0 Å². The third-order valence-electron chi connectivity index (χ3n) is 5.13. The number of aryl methyl sites for hydroxylation is 1. The number of aromatic nitrogens is 2. The first-order valence-corrected chi connectivity index (χ1v) is 8.54. The molecule has 1 aromatic rings. The summed E-state index contributed by atoms with van der Waals surface area (Å²) in [5, 5.41) is 7.53. The molecule has 3 heteroatoms. The Balaban J connectivity index is 1.49. The largest absolute Gasteiger partial charge is 0.375 e. The van der Waals surface area contributed by atoms with E-state index in [9.17, 15) is 0 Å². The maximum Gasteiger partial charge on any atom is 0.0684 e. The molecular formula is C17H28N2O. The smallest absolute Gasteiger partial charge is 0.0684 e. The van der Waals surface area contributed by atoms with Crippen molar-refractivity contribution in [3.05, 3.63) is 17.5 Å². The third-order valence-corrected chi connectivity index (χ3v) is 5.13. The fourth-order valence-corrected chi connectivity index (χ4v) is 3.91. The molecule has 1 aromatic heterocycles. The molecule has 0 radical (unpaired) electrons. The van der Waals surface area contributed by atoms with Gasteiger partial charge in [-0.2, -0.15) is 5.10 Å². The Bertz CT molecular complexity index is 401. The number of rotatable bonds is 4. The lowest BCUT2D eigenvalue weighted by Crippen LogP contribution is -2.28. The molecule has 2 aliphatic carbocycles. The van der Waals surface area contributed by atoms with Crippen molar-refractivity contribution in [2.45, 2.75) is 89.3 Å². The third kappa shape index (κ3) is 3.25. The van der Waals surface area contributed by atoms with Crippen LogP contribution in [-0.2, 0) is 11.2 Å². The van der Waals surface area contributed by atoms with Gasteiger partial charge < -0.3 is 4.74 Å². The van der Waals surface area contributed by atoms with Crippen LogP contribution in [0.4, 0.5) is 0 Å². The number of aromatic amines is 1. The van der Waals surface area contributed by atoms with Crippen LogP contribution in [0.25, 0.3) is 0 Å². The molecule has 0 atom stereocenters. The van der Waals surface area contributed by atoms with Gasteiger partial charge in [0.25, 0.3) is 0 Å². The van der Waals surface area contributed by atoms with Gasteiger partial charge in [0.2, 0.25) is 0 Å². The Morgan fingerprint density at radius 1 is 1.05 bits per heavy atom. The average Bonchev–Trinajstić information content (AvgIpc) is 2.98. The molecule has 20 heavy (non-hydrogen) atoms. The van der Waals surface area contributed by atoms with Crippen molar-refractivity contribution in [2.75, 3.05) is 0 Å². The number of ether oxygens (including phenoxy) is 1. The Labute approximate surface area is 122 Å². The highest BCUT2D eigenvalue weighted by Gasteiger charge is 2.27. The molecule has 3 rings (SSSR count). The van der Waals surface area contributed by atoms with Crippen LogP contribution in [-0.4, -0.2) is 22.4 Å². The van der Waals surface area contributed by atoms with E-state index in [1.807, 2.05) is 0 Å². The molecule has 1 heterocycles. The molecule has 1 N–H and O–H groups in total. The molecule has 2 aliphatic rings. The van der Waals surface area contributed by atoms with Crippen molar-refractivity contribution in [1.29, 1.82) is 0 Å². The maximum absolute atomic E-state index is 6.33. The fraction of sp³-hybridized carbons (Fsp3) is 0.824. The van der Waals surface area contributed by atoms with Gasteiger partial charge in [0.1, 0.15) is 0 Å². The van der Waals surface area contributed by atoms with E-state index in [1.165, 1.54) is 69.0 Å². The van der Waals surface area contributed by atoms with Crippen molar-refractivity contribution in [3.8, 4) is 0 Å². The summed E-state index contributed by atoms with van der Waals surface area (Å²) in [5.41, 5.74) is 2.73. The van der Waals surface area contributed by atoms with Crippen LogP contribution >= 0.6 is 0 Å². The van der Waals surface area contributed by atoms with E-state index in [-0.39, 0.29) is 0 Å². The van der Waals surface area contributed by atoms with Crippen molar-refractivity contribution in [2.24, 2.45) is 0 Å². The minimum absolute atomic E-state index is 0.512. The summed E-state index contributed by atoms with van der Waals surface area (Å²) in [7, 11) is 0. The second-order valence-corrected chi connectivity index (χ2v) is 6.52. The van der Waals surface area contributed by atoms with Gasteiger partial charge in [0.05, 0.1) is 17.9 Å². The maximum atomic E-state index is 6.33. The summed E-state index contributed by atoms with van der Waals surface area (Å²) in [4.78, 5) is 0. The Morgan fingerprint density at radius 2 is 1.75 bits per heavy atom. The van der Waals surface area contributed by atoms with Gasteiger partial charge in [-0.1, -0.05) is 26.2 Å². The van der Waals surface area contributed by atoms with Crippen LogP contribution in [0.2, 0.25) is 0 Å². The van der Waals surface area contributed by atoms with E-state index >= 15 is 0 Å². The van der Waals surface area contributed by atoms with Crippen molar-refractivity contribution in [3.63, 3.8) is 0 Å². The second-order valence-electron chi connectivity index (χ2n) is 6.52. The zero-order valence-electron chi connectivity index (χ0n) is 12.7. The first kappa shape index (κ1) is 14.1. The molecule has 0 aliphatic heterocycles. The minimum atomic E-state index is 0.512. The molecule has 0 amide bonds. The normalized spacial score (nSPS) is 28.6. The van der Waals surface area contributed by atoms with Crippen molar-refractivity contribution in [1.82, 2.24) is 10.2 Å². The van der Waals surface area contributed by atoms with Gasteiger partial charge >= 0.3 is 0 Å². The first-order valence-electron chi connectivity index (χ1n) is 8.54. The number of hydrogen-bond donors (Lipinski definition) is 1. The monoisotopic (exact) mass is 276 g/mol. The summed E-state index contributed by atoms with van der Waals surface area (Å²) in [6.45, 7) is 2.21. The van der Waals surface area contributed by atoms with Crippen molar-refractivity contribution < 1.29 is 4.74 Å². The summed E-state index contributed by atoms with van der Waals surface area (Å²) < 4.78 is 6.33. The van der Waals surface area contributed by atoms with Gasteiger partial charge in [0, 0.05) is 12.1 Å². The summed E-state index contributed by atoms with van der Waals surface area (Å²) in [6.07, 6.45) is 15.9. The standard InChI is InChI=1S/C17H28N2O/c1-2-13-12-18-19-17(13)14-8-10-16(11-9-14)20-15-6-4-3-5-7-15/h12,14-16H,2-11H2,1H3,(H,18,19). The molecule has 0 aromatic carbocycles. The lowest BCUT2D eigenvalue weighted by molar-refractivity contribution is -0.0473. The molecule has 0 saturated heterocycles. The second kappa shape index (κ2) is 6.75. The zero-order valence-corrected chi connectivity index (χ0v) is 12.7. The highest BCUT2D eigenvalue weighted by atomic mass is 16.5. The van der Waals surface area contributed by atoms with E-state index in [0.29, 0.717) is 18.1 Å². The van der Waals surface area contributed by atoms with Gasteiger partial charge in [-0.25, -0.2) is 0 Å². The SMILES string of the molecule is CCc1c[nH]nc1C1CCC(OC2CCCCC2)CC1. The Morgan fingerprint density at radius 3 is 2.45 bits per heavy atom. The molecule has 0 bridgehead atoms. The molecule has 2 saturated carbocycles. The number of nitrogens with zero attached hydrogens (tertiary/aromatic N) is 1. The number of nitrogens with one attached hydrogen (secondary N) is 1. The van der Waals surface area contributed by atoms with Gasteiger partial charge in [0.15, 0.2) is 0 Å². The molecule has 0 spiro atoms. The highest BCUT2D eigenvalue weighted by molar-refractivity contribution is 5.20. The predicted octanol–water partition coefficient (Wildman–Crippen LogP) is 4.35. The molecular weight excluding hydrogens is 248 g/mol. The van der Waals surface area contributed by atoms with Crippen LogP contribution in [0.3, 0.4) is 0 Å². The van der Waals surface area contributed by atoms with Crippen molar-refractivity contribution >= 4 is 0 Å².